The summed E-state index contributed by atoms with van der Waals surface area (Å²) >= 11 is 0. The minimum absolute atomic E-state index is 0.00130. The van der Waals surface area contributed by atoms with Crippen molar-refractivity contribution in [3.63, 3.8) is 0 Å². The van der Waals surface area contributed by atoms with Crippen molar-refractivity contribution in [2.45, 2.75) is 111 Å². The maximum Gasteiger partial charge on any atom is 0.302 e. The molecule has 0 bridgehead atoms. The number of rotatable bonds is 7. The monoisotopic (exact) mass is 500 g/mol. The number of ether oxygens (including phenoxy) is 3. The van der Waals surface area contributed by atoms with Crippen molar-refractivity contribution in [1.29, 1.82) is 0 Å². The van der Waals surface area contributed by atoms with E-state index >= 15 is 0 Å². The van der Waals surface area contributed by atoms with Gasteiger partial charge in [-0.2, -0.15) is 0 Å². The largest absolute Gasteiger partial charge is 0.468 e. The predicted molar refractivity (Wildman–Crippen MR) is 139 cm³/mol. The Balaban J connectivity index is 1.70. The number of carbonyl (C=O) groups excluding carboxylic acids is 1. The van der Waals surface area contributed by atoms with Crippen LogP contribution < -0.4 is 10.2 Å². The number of carbonyl (C=O) groups is 1. The third kappa shape index (κ3) is 4.55. The van der Waals surface area contributed by atoms with Crippen LogP contribution in [0.1, 0.15) is 90.0 Å². The van der Waals surface area contributed by atoms with Crippen molar-refractivity contribution in [1.82, 2.24) is 0 Å². The van der Waals surface area contributed by atoms with Gasteiger partial charge in [0.15, 0.2) is 5.43 Å². The molecule has 6 nitrogen and oxygen atoms in total. The fourth-order valence-electron chi connectivity index (χ4n) is 7.56. The Labute approximate surface area is 215 Å². The van der Waals surface area contributed by atoms with Gasteiger partial charge < -0.3 is 18.6 Å². The van der Waals surface area contributed by atoms with Crippen LogP contribution >= 0.6 is 0 Å². The van der Waals surface area contributed by atoms with Crippen molar-refractivity contribution in [3.05, 3.63) is 39.3 Å². The van der Waals surface area contributed by atoms with Gasteiger partial charge in [0.05, 0.1) is 24.4 Å². The van der Waals surface area contributed by atoms with E-state index < -0.39 is 0 Å². The third-order valence-corrected chi connectivity index (χ3v) is 9.96. The van der Waals surface area contributed by atoms with Crippen LogP contribution in [0.5, 0.6) is 5.95 Å². The van der Waals surface area contributed by atoms with Gasteiger partial charge in [-0.3, -0.25) is 9.59 Å². The highest BCUT2D eigenvalue weighted by molar-refractivity contribution is 5.66. The molecule has 0 radical (unpaired) electrons. The van der Waals surface area contributed by atoms with E-state index in [2.05, 4.69) is 34.3 Å². The minimum Gasteiger partial charge on any atom is -0.468 e. The van der Waals surface area contributed by atoms with Gasteiger partial charge in [-0.1, -0.05) is 26.0 Å². The van der Waals surface area contributed by atoms with E-state index in [1.54, 1.807) is 14.0 Å². The number of hydrogen-bond donors (Lipinski definition) is 0. The van der Waals surface area contributed by atoms with Crippen LogP contribution in [0.15, 0.2) is 21.4 Å². The molecule has 1 aromatic rings. The molecule has 3 fully saturated rings. The first-order valence-electron chi connectivity index (χ1n) is 13.4. The van der Waals surface area contributed by atoms with E-state index in [0.29, 0.717) is 35.2 Å². The Hall–Kier alpha value is -2.08. The van der Waals surface area contributed by atoms with Crippen molar-refractivity contribution in [3.8, 4) is 5.95 Å². The van der Waals surface area contributed by atoms with Crippen molar-refractivity contribution >= 4 is 5.97 Å². The summed E-state index contributed by atoms with van der Waals surface area (Å²) in [5.74, 6) is 1.12. The second-order valence-electron chi connectivity index (χ2n) is 12.5. The fourth-order valence-corrected chi connectivity index (χ4v) is 7.56. The second kappa shape index (κ2) is 9.34. The minimum atomic E-state index is -0.216. The van der Waals surface area contributed by atoms with Crippen molar-refractivity contribution in [2.24, 2.45) is 22.7 Å². The summed E-state index contributed by atoms with van der Waals surface area (Å²) in [6, 6.07) is 0. The standard InChI is InChI=1S/C30H44O6/c1-17-10-11-23-29(7,22(17)16-21-26(32)18(2)19(3)34-27(21)33-9)14-13-25(35-20(4)31)30(23,8)15-12-24-28(5,6)36-24/h22-25H,1,10-16H2,2-9H3/t22-,23-,24?,25+,29-,30+/m1/s1. The van der Waals surface area contributed by atoms with Gasteiger partial charge in [-0.05, 0) is 89.9 Å². The third-order valence-electron chi connectivity index (χ3n) is 9.96. The molecule has 1 aromatic heterocycles. The summed E-state index contributed by atoms with van der Waals surface area (Å²) < 4.78 is 23.3. The average Bonchev–Trinajstić information content (AvgIpc) is 3.42. The van der Waals surface area contributed by atoms with Crippen LogP contribution in [0.3, 0.4) is 0 Å². The lowest BCUT2D eigenvalue weighted by molar-refractivity contribution is -0.179. The maximum atomic E-state index is 13.3. The van der Waals surface area contributed by atoms with E-state index in [9.17, 15) is 9.59 Å². The Kier molecular flexibility index (Phi) is 7.00. The van der Waals surface area contributed by atoms with Gasteiger partial charge in [0.25, 0.3) is 5.95 Å². The summed E-state index contributed by atoms with van der Waals surface area (Å²) in [5.41, 5.74) is 2.08. The first-order valence-corrected chi connectivity index (χ1v) is 13.4. The molecule has 1 aliphatic heterocycles. The molecule has 2 heterocycles. The van der Waals surface area contributed by atoms with E-state index in [1.807, 2.05) is 6.92 Å². The molecule has 0 N–H and O–H groups in total. The number of aryl methyl sites for hydroxylation is 1. The van der Waals surface area contributed by atoms with E-state index in [-0.39, 0.29) is 46.0 Å². The first-order chi connectivity index (χ1) is 16.7. The molecule has 4 rings (SSSR count). The SMILES string of the molecule is C=C1CC[C@H]2[C@](C)(CCC3OC3(C)C)[C@@H](OC(C)=O)CC[C@]2(C)[C@@H]1Cc1c(OC)oc(C)c(C)c1=O. The van der Waals surface area contributed by atoms with Crippen molar-refractivity contribution in [2.75, 3.05) is 7.11 Å². The zero-order chi connectivity index (χ0) is 26.6. The number of allylic oxidation sites excluding steroid dienone is 1. The molecule has 1 unspecified atom stereocenters. The number of epoxide rings is 1. The Morgan fingerprint density at radius 1 is 1.17 bits per heavy atom. The number of fused-ring (bicyclic) bond motifs is 1. The first kappa shape index (κ1) is 27.0. The van der Waals surface area contributed by atoms with Gasteiger partial charge in [-0.15, -0.1) is 0 Å². The molecule has 200 valence electrons. The molecule has 0 aromatic carbocycles. The average molecular weight is 501 g/mol. The highest BCUT2D eigenvalue weighted by Crippen LogP contribution is 2.64. The Morgan fingerprint density at radius 3 is 2.42 bits per heavy atom. The molecule has 6 atom stereocenters. The lowest BCUT2D eigenvalue weighted by Gasteiger charge is -2.61. The van der Waals surface area contributed by atoms with E-state index in [4.69, 9.17) is 18.6 Å². The summed E-state index contributed by atoms with van der Waals surface area (Å²) in [6.07, 6.45) is 6.19. The van der Waals surface area contributed by atoms with Gasteiger partial charge >= 0.3 is 5.97 Å². The molecular formula is C30H44O6. The summed E-state index contributed by atoms with van der Waals surface area (Å²) in [7, 11) is 1.56. The molecule has 3 aliphatic rings. The molecule has 1 saturated heterocycles. The van der Waals surface area contributed by atoms with Crippen LogP contribution in [-0.2, 0) is 20.7 Å². The zero-order valence-electron chi connectivity index (χ0n) is 23.4. The zero-order valence-corrected chi connectivity index (χ0v) is 23.4. The van der Waals surface area contributed by atoms with E-state index in [1.165, 1.54) is 12.5 Å². The summed E-state index contributed by atoms with van der Waals surface area (Å²) in [5, 5.41) is 0. The normalized spacial score (nSPS) is 35.2. The molecule has 6 heteroatoms. The van der Waals surface area contributed by atoms with Gasteiger partial charge in [0, 0.05) is 17.9 Å². The lowest BCUT2D eigenvalue weighted by Crippen LogP contribution is -2.57. The van der Waals surface area contributed by atoms with Crippen LogP contribution in [0.2, 0.25) is 0 Å². The number of hydrogen-bond acceptors (Lipinski definition) is 6. The molecular weight excluding hydrogens is 456 g/mol. The molecule has 2 aliphatic carbocycles. The predicted octanol–water partition coefficient (Wildman–Crippen LogP) is 6.09. The van der Waals surface area contributed by atoms with Crippen LogP contribution in [0.25, 0.3) is 0 Å². The van der Waals surface area contributed by atoms with Crippen LogP contribution in [0, 0.1) is 36.5 Å². The summed E-state index contributed by atoms with van der Waals surface area (Å²) in [4.78, 5) is 25.4. The van der Waals surface area contributed by atoms with Crippen LogP contribution in [-0.4, -0.2) is 30.9 Å². The molecule has 2 saturated carbocycles. The summed E-state index contributed by atoms with van der Waals surface area (Å²) in [6.45, 7) is 18.6. The second-order valence-corrected chi connectivity index (χ2v) is 12.5. The Bertz CT molecular complexity index is 1100. The molecule has 36 heavy (non-hydrogen) atoms. The van der Waals surface area contributed by atoms with E-state index in [0.717, 1.165) is 38.5 Å². The Morgan fingerprint density at radius 2 is 1.83 bits per heavy atom. The van der Waals surface area contributed by atoms with Gasteiger partial charge in [0.2, 0.25) is 0 Å². The molecule has 0 amide bonds. The maximum absolute atomic E-state index is 13.3. The van der Waals surface area contributed by atoms with Crippen molar-refractivity contribution < 1.29 is 23.4 Å². The number of methoxy groups -OCH3 is 1. The molecule has 0 spiro atoms. The highest BCUT2D eigenvalue weighted by atomic mass is 16.6. The topological polar surface area (TPSA) is 78.3 Å². The highest BCUT2D eigenvalue weighted by Gasteiger charge is 2.60. The smallest absolute Gasteiger partial charge is 0.302 e. The van der Waals surface area contributed by atoms with Gasteiger partial charge in [-0.25, -0.2) is 0 Å². The van der Waals surface area contributed by atoms with Gasteiger partial charge in [0.1, 0.15) is 11.9 Å². The quantitative estimate of drug-likeness (QED) is 0.256. The fraction of sp³-hybridized carbons (Fsp3) is 0.733. The van der Waals surface area contributed by atoms with Crippen LogP contribution in [0.4, 0.5) is 0 Å². The number of esters is 1. The lowest BCUT2D eigenvalue weighted by atomic mass is 9.45.